The Bertz CT molecular complexity index is 847. The van der Waals surface area contributed by atoms with Crippen molar-refractivity contribution in [2.75, 3.05) is 31.9 Å². The average molecular weight is 399 g/mol. The predicted octanol–water partition coefficient (Wildman–Crippen LogP) is 3.20. The van der Waals surface area contributed by atoms with Gasteiger partial charge in [0.25, 0.3) is 0 Å². The third kappa shape index (κ3) is 4.83. The van der Waals surface area contributed by atoms with Gasteiger partial charge in [-0.15, -0.1) is 0 Å². The Labute approximate surface area is 169 Å². The van der Waals surface area contributed by atoms with E-state index in [4.69, 9.17) is 0 Å². The summed E-state index contributed by atoms with van der Waals surface area (Å²) < 4.78 is 27.0. The molecular weight excluding hydrogens is 368 g/mol. The lowest BCUT2D eigenvalue weighted by Gasteiger charge is -2.35. The molecular formula is C23H30N2O2S. The molecule has 2 saturated heterocycles. The first-order valence-corrected chi connectivity index (χ1v) is 12.0. The van der Waals surface area contributed by atoms with Gasteiger partial charge in [0, 0.05) is 19.1 Å². The Morgan fingerprint density at radius 3 is 2.11 bits per heavy atom. The molecule has 2 heterocycles. The van der Waals surface area contributed by atoms with Crippen LogP contribution in [-0.2, 0) is 22.9 Å². The second-order valence-electron chi connectivity index (χ2n) is 8.20. The zero-order valence-electron chi connectivity index (χ0n) is 16.4. The van der Waals surface area contributed by atoms with E-state index in [0.717, 1.165) is 38.8 Å². The van der Waals surface area contributed by atoms with Gasteiger partial charge in [-0.3, -0.25) is 4.90 Å². The summed E-state index contributed by atoms with van der Waals surface area (Å²) in [7, 11) is -3.13. The largest absolute Gasteiger partial charge is 0.298 e. The first-order valence-electron chi connectivity index (χ1n) is 10.4. The minimum atomic E-state index is -3.13. The van der Waals surface area contributed by atoms with Crippen LogP contribution in [-0.4, -0.2) is 55.6 Å². The molecule has 0 aliphatic carbocycles. The van der Waals surface area contributed by atoms with Gasteiger partial charge >= 0.3 is 0 Å². The normalized spacial score (nSPS) is 23.8. The lowest BCUT2D eigenvalue weighted by atomic mass is 9.89. The minimum Gasteiger partial charge on any atom is -0.298 e. The standard InChI is InChI=1S/C23H30N2O2S/c26-28(27)19-23(18-25(28)16-13-20-7-3-1-4-8-20)24-14-11-22(12-15-24)17-21-9-5-2-6-10-21/h1-10,22-23H,11-19H2. The van der Waals surface area contributed by atoms with Crippen molar-refractivity contribution in [1.29, 1.82) is 0 Å². The van der Waals surface area contributed by atoms with Gasteiger partial charge in [0.15, 0.2) is 0 Å². The van der Waals surface area contributed by atoms with Crippen LogP contribution >= 0.6 is 0 Å². The lowest BCUT2D eigenvalue weighted by Crippen LogP contribution is -2.44. The van der Waals surface area contributed by atoms with E-state index in [0.29, 0.717) is 19.0 Å². The molecule has 0 N–H and O–H groups in total. The van der Waals surface area contributed by atoms with Crippen LogP contribution in [0.2, 0.25) is 0 Å². The highest BCUT2D eigenvalue weighted by molar-refractivity contribution is 7.89. The highest BCUT2D eigenvalue weighted by atomic mass is 32.2. The van der Waals surface area contributed by atoms with E-state index < -0.39 is 10.0 Å². The van der Waals surface area contributed by atoms with Crippen LogP contribution in [0.5, 0.6) is 0 Å². The highest BCUT2D eigenvalue weighted by Crippen LogP contribution is 2.26. The average Bonchev–Trinajstić information content (AvgIpc) is 3.03. The van der Waals surface area contributed by atoms with Crippen LogP contribution in [0, 0.1) is 5.92 Å². The summed E-state index contributed by atoms with van der Waals surface area (Å²) in [6.45, 7) is 3.28. The van der Waals surface area contributed by atoms with Crippen molar-refractivity contribution in [3.63, 3.8) is 0 Å². The Morgan fingerprint density at radius 1 is 0.857 bits per heavy atom. The summed E-state index contributed by atoms with van der Waals surface area (Å²) in [5.41, 5.74) is 2.61. The molecule has 2 aliphatic heterocycles. The maximum absolute atomic E-state index is 12.6. The van der Waals surface area contributed by atoms with E-state index >= 15 is 0 Å². The smallest absolute Gasteiger partial charge is 0.215 e. The van der Waals surface area contributed by atoms with Crippen molar-refractivity contribution in [2.45, 2.75) is 31.7 Å². The maximum atomic E-state index is 12.6. The van der Waals surface area contributed by atoms with Crippen molar-refractivity contribution < 1.29 is 8.42 Å². The van der Waals surface area contributed by atoms with E-state index in [2.05, 4.69) is 47.4 Å². The molecule has 1 unspecified atom stereocenters. The third-order valence-electron chi connectivity index (χ3n) is 6.24. The fraction of sp³-hybridized carbons (Fsp3) is 0.478. The SMILES string of the molecule is O=S1(=O)CC(N2CCC(Cc3ccccc3)CC2)CN1CCc1ccccc1. The van der Waals surface area contributed by atoms with Gasteiger partial charge in [-0.05, 0) is 55.8 Å². The molecule has 1 atom stereocenters. The topological polar surface area (TPSA) is 40.6 Å². The molecule has 2 fully saturated rings. The number of piperidine rings is 1. The summed E-state index contributed by atoms with van der Waals surface area (Å²) >= 11 is 0. The van der Waals surface area contributed by atoms with Crippen molar-refractivity contribution in [3.05, 3.63) is 71.8 Å². The van der Waals surface area contributed by atoms with Gasteiger partial charge in [0.05, 0.1) is 5.75 Å². The number of hydrogen-bond donors (Lipinski definition) is 0. The van der Waals surface area contributed by atoms with Crippen LogP contribution in [0.1, 0.15) is 24.0 Å². The zero-order chi connectivity index (χ0) is 19.4. The second-order valence-corrected chi connectivity index (χ2v) is 10.2. The number of rotatable bonds is 6. The summed E-state index contributed by atoms with van der Waals surface area (Å²) in [6.07, 6.45) is 4.25. The highest BCUT2D eigenvalue weighted by Gasteiger charge is 2.39. The van der Waals surface area contributed by atoms with E-state index in [1.807, 2.05) is 18.2 Å². The van der Waals surface area contributed by atoms with E-state index in [1.54, 1.807) is 4.31 Å². The fourth-order valence-electron chi connectivity index (χ4n) is 4.57. The molecule has 0 saturated carbocycles. The number of benzene rings is 2. The van der Waals surface area contributed by atoms with E-state index in [9.17, 15) is 8.42 Å². The van der Waals surface area contributed by atoms with Gasteiger partial charge in [-0.1, -0.05) is 60.7 Å². The van der Waals surface area contributed by atoms with Crippen LogP contribution in [0.4, 0.5) is 0 Å². The summed E-state index contributed by atoms with van der Waals surface area (Å²) in [6, 6.07) is 21.0. The van der Waals surface area contributed by atoms with Gasteiger partial charge < -0.3 is 0 Å². The van der Waals surface area contributed by atoms with Gasteiger partial charge in [-0.25, -0.2) is 8.42 Å². The van der Waals surface area contributed by atoms with Crippen LogP contribution in [0.15, 0.2) is 60.7 Å². The molecule has 150 valence electrons. The monoisotopic (exact) mass is 398 g/mol. The molecule has 2 aromatic rings. The lowest BCUT2D eigenvalue weighted by molar-refractivity contribution is 0.138. The predicted molar refractivity (Wildman–Crippen MR) is 114 cm³/mol. The number of hydrogen-bond acceptors (Lipinski definition) is 3. The van der Waals surface area contributed by atoms with E-state index in [1.165, 1.54) is 11.1 Å². The Balaban J connectivity index is 1.28. The van der Waals surface area contributed by atoms with E-state index in [-0.39, 0.29) is 11.8 Å². The minimum absolute atomic E-state index is 0.151. The fourth-order valence-corrected chi connectivity index (χ4v) is 6.35. The molecule has 0 bridgehead atoms. The summed E-state index contributed by atoms with van der Waals surface area (Å²) in [5.74, 6) is 0.997. The number of nitrogens with zero attached hydrogens (tertiary/aromatic N) is 2. The van der Waals surface area contributed by atoms with Gasteiger partial charge in [-0.2, -0.15) is 4.31 Å². The number of likely N-dealkylation sites (tertiary alicyclic amines) is 1. The second kappa shape index (κ2) is 8.76. The summed E-state index contributed by atoms with van der Waals surface area (Å²) in [4.78, 5) is 2.42. The molecule has 0 aromatic heterocycles. The molecule has 28 heavy (non-hydrogen) atoms. The molecule has 5 heteroatoms. The van der Waals surface area contributed by atoms with Crippen LogP contribution in [0.3, 0.4) is 0 Å². The Morgan fingerprint density at radius 2 is 1.46 bits per heavy atom. The molecule has 0 spiro atoms. The van der Waals surface area contributed by atoms with Crippen molar-refractivity contribution in [2.24, 2.45) is 5.92 Å². The Kier molecular flexibility index (Phi) is 6.14. The van der Waals surface area contributed by atoms with Crippen molar-refractivity contribution in [3.8, 4) is 0 Å². The maximum Gasteiger partial charge on any atom is 0.215 e. The van der Waals surface area contributed by atoms with Crippen molar-refractivity contribution >= 4 is 10.0 Å². The first kappa shape index (κ1) is 19.6. The molecule has 2 aromatic carbocycles. The van der Waals surface area contributed by atoms with Crippen LogP contribution < -0.4 is 0 Å². The summed E-state index contributed by atoms with van der Waals surface area (Å²) in [5, 5.41) is 0. The molecule has 4 nitrogen and oxygen atoms in total. The van der Waals surface area contributed by atoms with Gasteiger partial charge in [0.2, 0.25) is 10.0 Å². The third-order valence-corrected chi connectivity index (χ3v) is 8.16. The Hall–Kier alpha value is -1.69. The molecule has 0 amide bonds. The van der Waals surface area contributed by atoms with Gasteiger partial charge in [0.1, 0.15) is 0 Å². The molecule has 2 aliphatic rings. The molecule has 0 radical (unpaired) electrons. The van der Waals surface area contributed by atoms with Crippen molar-refractivity contribution in [1.82, 2.24) is 9.21 Å². The quantitative estimate of drug-likeness (QED) is 0.750. The number of sulfonamides is 1. The zero-order valence-corrected chi connectivity index (χ0v) is 17.2. The first-order chi connectivity index (χ1) is 13.6. The molecule has 4 rings (SSSR count). The van der Waals surface area contributed by atoms with Crippen LogP contribution in [0.25, 0.3) is 0 Å².